The number of aliphatic hydroxyl groups is 1. The highest BCUT2D eigenvalue weighted by atomic mass is 32.2. The number of aliphatic carboxylic acids is 1. The average molecular weight is 255 g/mol. The van der Waals surface area contributed by atoms with Crippen LogP contribution in [0.25, 0.3) is 0 Å². The number of aliphatic hydroxyl groups excluding tert-OH is 1. The molecule has 2 atom stereocenters. The Morgan fingerprint density at radius 2 is 2.00 bits per heavy atom. The fourth-order valence-electron chi connectivity index (χ4n) is 1.32. The van der Waals surface area contributed by atoms with Crippen molar-refractivity contribution >= 4 is 17.7 Å². The van der Waals surface area contributed by atoms with Crippen LogP contribution in [0.1, 0.15) is 18.1 Å². The Labute approximate surface area is 105 Å². The topological polar surface area (TPSA) is 83.5 Å². The molecule has 1 aromatic carbocycles. The molecule has 0 aromatic heterocycles. The lowest BCUT2D eigenvalue weighted by molar-refractivity contribution is -0.137. The van der Waals surface area contributed by atoms with Gasteiger partial charge in [-0.25, -0.2) is 0 Å². The Bertz CT molecular complexity index is 345. The monoisotopic (exact) mass is 255 g/mol. The second-order valence-corrected chi connectivity index (χ2v) is 4.88. The molecule has 0 aliphatic rings. The molecule has 0 aliphatic carbocycles. The molecule has 0 amide bonds. The molecule has 5 heteroatoms. The van der Waals surface area contributed by atoms with E-state index in [0.29, 0.717) is 17.9 Å². The zero-order chi connectivity index (χ0) is 12.7. The molecule has 4 N–H and O–H groups in total. The number of hydrogen-bond acceptors (Lipinski definition) is 4. The van der Waals surface area contributed by atoms with Crippen molar-refractivity contribution in [2.75, 3.05) is 11.5 Å². The molecule has 2 unspecified atom stereocenters. The Morgan fingerprint density at radius 3 is 2.59 bits per heavy atom. The molecule has 17 heavy (non-hydrogen) atoms. The molecule has 0 fully saturated rings. The predicted molar refractivity (Wildman–Crippen MR) is 69.0 cm³/mol. The van der Waals surface area contributed by atoms with Crippen molar-refractivity contribution in [3.05, 3.63) is 35.9 Å². The first kappa shape index (κ1) is 14.0. The molecule has 1 rings (SSSR count). The van der Waals surface area contributed by atoms with Crippen molar-refractivity contribution in [1.82, 2.24) is 0 Å². The molecule has 0 spiro atoms. The number of benzene rings is 1. The summed E-state index contributed by atoms with van der Waals surface area (Å²) in [5.41, 5.74) is 6.25. The van der Waals surface area contributed by atoms with Crippen LogP contribution in [-0.4, -0.2) is 33.7 Å². The van der Waals surface area contributed by atoms with Gasteiger partial charge in [0.2, 0.25) is 0 Å². The predicted octanol–water partition coefficient (Wildman–Crippen LogP) is 1.26. The fourth-order valence-corrected chi connectivity index (χ4v) is 2.27. The summed E-state index contributed by atoms with van der Waals surface area (Å²) >= 11 is 1.45. The first-order valence-corrected chi connectivity index (χ1v) is 6.56. The third-order valence-corrected chi connectivity index (χ3v) is 3.45. The number of carboxylic acid groups (broad SMARTS) is 1. The van der Waals surface area contributed by atoms with Crippen molar-refractivity contribution in [2.24, 2.45) is 5.73 Å². The van der Waals surface area contributed by atoms with Gasteiger partial charge < -0.3 is 15.9 Å². The van der Waals surface area contributed by atoms with Gasteiger partial charge in [0.25, 0.3) is 0 Å². The van der Waals surface area contributed by atoms with Crippen LogP contribution in [0.2, 0.25) is 0 Å². The van der Waals surface area contributed by atoms with Crippen LogP contribution < -0.4 is 5.73 Å². The molecule has 94 valence electrons. The van der Waals surface area contributed by atoms with E-state index in [1.54, 1.807) is 0 Å². The minimum Gasteiger partial charge on any atom is -0.480 e. The standard InChI is InChI=1S/C12H17NO3S/c13-10(12(15)16)8-17-7-6-11(14)9-4-2-1-3-5-9/h1-5,10-11,14H,6-8,13H2,(H,15,16). The fraction of sp³-hybridized carbons (Fsp3) is 0.417. The van der Waals surface area contributed by atoms with E-state index in [9.17, 15) is 9.90 Å². The third kappa shape index (κ3) is 5.21. The van der Waals surface area contributed by atoms with Gasteiger partial charge in [0.05, 0.1) is 6.10 Å². The molecule has 4 nitrogen and oxygen atoms in total. The minimum atomic E-state index is -0.985. The lowest BCUT2D eigenvalue weighted by Gasteiger charge is -2.11. The van der Waals surface area contributed by atoms with Gasteiger partial charge in [0.15, 0.2) is 0 Å². The Morgan fingerprint density at radius 1 is 1.35 bits per heavy atom. The van der Waals surface area contributed by atoms with Gasteiger partial charge in [0.1, 0.15) is 6.04 Å². The number of carboxylic acids is 1. The van der Waals surface area contributed by atoms with Gasteiger partial charge in [-0.3, -0.25) is 4.79 Å². The van der Waals surface area contributed by atoms with Crippen molar-refractivity contribution in [1.29, 1.82) is 0 Å². The highest BCUT2D eigenvalue weighted by Crippen LogP contribution is 2.18. The first-order chi connectivity index (χ1) is 8.11. The Balaban J connectivity index is 2.21. The largest absolute Gasteiger partial charge is 0.480 e. The van der Waals surface area contributed by atoms with E-state index in [-0.39, 0.29) is 0 Å². The lowest BCUT2D eigenvalue weighted by Crippen LogP contribution is -2.32. The summed E-state index contributed by atoms with van der Waals surface area (Å²) in [6, 6.07) is 8.58. The zero-order valence-electron chi connectivity index (χ0n) is 9.45. The Kier molecular flexibility index (Phi) is 6.04. The normalized spacial score (nSPS) is 14.2. The quantitative estimate of drug-likeness (QED) is 0.639. The summed E-state index contributed by atoms with van der Waals surface area (Å²) in [5, 5.41) is 18.4. The summed E-state index contributed by atoms with van der Waals surface area (Å²) in [6.45, 7) is 0. The summed E-state index contributed by atoms with van der Waals surface area (Å²) < 4.78 is 0. The third-order valence-electron chi connectivity index (χ3n) is 2.33. The highest BCUT2D eigenvalue weighted by molar-refractivity contribution is 7.99. The SMILES string of the molecule is NC(CSCCC(O)c1ccccc1)C(=O)O. The van der Waals surface area contributed by atoms with Crippen LogP contribution in [0.3, 0.4) is 0 Å². The average Bonchev–Trinajstić information content (AvgIpc) is 2.35. The molecular weight excluding hydrogens is 238 g/mol. The zero-order valence-corrected chi connectivity index (χ0v) is 10.3. The summed E-state index contributed by atoms with van der Waals surface area (Å²) in [5.74, 6) is 0.0783. The molecule has 0 heterocycles. The number of thioether (sulfide) groups is 1. The number of nitrogens with two attached hydrogens (primary N) is 1. The van der Waals surface area contributed by atoms with E-state index in [1.807, 2.05) is 30.3 Å². The number of carbonyl (C=O) groups is 1. The smallest absolute Gasteiger partial charge is 0.321 e. The molecule has 0 saturated heterocycles. The van der Waals surface area contributed by atoms with Crippen molar-refractivity contribution in [3.63, 3.8) is 0 Å². The van der Waals surface area contributed by atoms with Crippen LogP contribution in [0.4, 0.5) is 0 Å². The Hall–Kier alpha value is -1.04. The van der Waals surface area contributed by atoms with Gasteiger partial charge in [-0.1, -0.05) is 30.3 Å². The molecule has 0 radical (unpaired) electrons. The van der Waals surface area contributed by atoms with Crippen LogP contribution in [0.15, 0.2) is 30.3 Å². The highest BCUT2D eigenvalue weighted by Gasteiger charge is 2.12. The van der Waals surface area contributed by atoms with Gasteiger partial charge >= 0.3 is 5.97 Å². The van der Waals surface area contributed by atoms with Crippen LogP contribution in [0, 0.1) is 0 Å². The maximum absolute atomic E-state index is 10.5. The lowest BCUT2D eigenvalue weighted by atomic mass is 10.1. The molecule has 0 aliphatic heterocycles. The van der Waals surface area contributed by atoms with Gasteiger partial charge in [0, 0.05) is 5.75 Å². The maximum atomic E-state index is 10.5. The minimum absolute atomic E-state index is 0.372. The van der Waals surface area contributed by atoms with E-state index in [4.69, 9.17) is 10.8 Å². The van der Waals surface area contributed by atoms with Gasteiger partial charge in [-0.15, -0.1) is 0 Å². The second kappa shape index (κ2) is 7.32. The van der Waals surface area contributed by atoms with Crippen molar-refractivity contribution < 1.29 is 15.0 Å². The number of hydrogen-bond donors (Lipinski definition) is 3. The molecule has 0 saturated carbocycles. The first-order valence-electron chi connectivity index (χ1n) is 5.40. The van der Waals surface area contributed by atoms with Crippen LogP contribution in [-0.2, 0) is 4.79 Å². The molecular formula is C12H17NO3S. The van der Waals surface area contributed by atoms with E-state index in [1.165, 1.54) is 11.8 Å². The summed E-state index contributed by atoms with van der Waals surface area (Å²) in [6.07, 6.45) is 0.103. The van der Waals surface area contributed by atoms with Crippen molar-refractivity contribution in [2.45, 2.75) is 18.6 Å². The van der Waals surface area contributed by atoms with Crippen LogP contribution in [0.5, 0.6) is 0 Å². The molecule has 1 aromatic rings. The van der Waals surface area contributed by atoms with Gasteiger partial charge in [-0.2, -0.15) is 11.8 Å². The summed E-state index contributed by atoms with van der Waals surface area (Å²) in [4.78, 5) is 10.5. The van der Waals surface area contributed by atoms with E-state index in [0.717, 1.165) is 5.56 Å². The van der Waals surface area contributed by atoms with Crippen LogP contribution >= 0.6 is 11.8 Å². The molecule has 0 bridgehead atoms. The van der Waals surface area contributed by atoms with E-state index < -0.39 is 18.1 Å². The van der Waals surface area contributed by atoms with Crippen molar-refractivity contribution in [3.8, 4) is 0 Å². The number of rotatable bonds is 7. The maximum Gasteiger partial charge on any atom is 0.321 e. The summed E-state index contributed by atoms with van der Waals surface area (Å²) in [7, 11) is 0. The second-order valence-electron chi connectivity index (χ2n) is 3.73. The van der Waals surface area contributed by atoms with E-state index in [2.05, 4.69) is 0 Å². The van der Waals surface area contributed by atoms with E-state index >= 15 is 0 Å². The van der Waals surface area contributed by atoms with Gasteiger partial charge in [-0.05, 0) is 17.7 Å².